The summed E-state index contributed by atoms with van der Waals surface area (Å²) in [6.45, 7) is 5.56. The normalized spacial score (nSPS) is 27.3. The largest absolute Gasteiger partial charge is 0.373 e. The Morgan fingerprint density at radius 1 is 1.04 bits per heavy atom. The first-order valence-corrected chi connectivity index (χ1v) is 7.85. The Hall–Kier alpha value is -1.93. The fourth-order valence-corrected chi connectivity index (χ4v) is 2.50. The second-order valence-corrected chi connectivity index (χ2v) is 5.92. The Morgan fingerprint density at radius 2 is 1.74 bits per heavy atom. The summed E-state index contributed by atoms with van der Waals surface area (Å²) in [6.07, 6.45) is 2.85. The van der Waals surface area contributed by atoms with Gasteiger partial charge in [-0.2, -0.15) is 0 Å². The molecule has 3 rings (SSSR count). The fraction of sp³-hybridized carbons (Fsp3) is 0.667. The number of nitrogens with zero attached hydrogens (tertiary/aromatic N) is 3. The van der Waals surface area contributed by atoms with Gasteiger partial charge in [-0.1, -0.05) is 6.08 Å². The van der Waals surface area contributed by atoms with Gasteiger partial charge in [0, 0.05) is 13.1 Å². The van der Waals surface area contributed by atoms with Gasteiger partial charge in [0.15, 0.2) is 0 Å². The highest BCUT2D eigenvalue weighted by atomic mass is 16.6. The maximum absolute atomic E-state index is 12.6. The maximum Gasteiger partial charge on any atom is 0.334 e. The van der Waals surface area contributed by atoms with Crippen LogP contribution in [-0.2, 0) is 14.3 Å². The standard InChI is InChI=1S/C15H21N3O5/c1-2-3-5-16-8-13(19)18(7-12-10-23-12)15(21)17(14(16)20)6-4-11-9-22-11/h2,11-12H,1,3-10H2. The number of urea groups is 2. The smallest absolute Gasteiger partial charge is 0.334 e. The summed E-state index contributed by atoms with van der Waals surface area (Å²) in [5.41, 5.74) is 0. The Morgan fingerprint density at radius 3 is 2.35 bits per heavy atom. The molecule has 2 atom stereocenters. The molecule has 23 heavy (non-hydrogen) atoms. The van der Waals surface area contributed by atoms with E-state index in [1.807, 2.05) is 0 Å². The second kappa shape index (κ2) is 6.67. The highest BCUT2D eigenvalue weighted by Gasteiger charge is 2.41. The van der Waals surface area contributed by atoms with Crippen LogP contribution in [0.1, 0.15) is 12.8 Å². The van der Waals surface area contributed by atoms with Crippen molar-refractivity contribution >= 4 is 18.0 Å². The van der Waals surface area contributed by atoms with Gasteiger partial charge in [-0.3, -0.25) is 9.69 Å². The first-order valence-electron chi connectivity index (χ1n) is 7.85. The number of carbonyl (C=O) groups is 3. The zero-order valence-electron chi connectivity index (χ0n) is 13.0. The van der Waals surface area contributed by atoms with Crippen LogP contribution in [0.25, 0.3) is 0 Å². The van der Waals surface area contributed by atoms with Crippen LogP contribution < -0.4 is 0 Å². The summed E-state index contributed by atoms with van der Waals surface area (Å²) in [7, 11) is 0. The third-order valence-corrected chi connectivity index (χ3v) is 4.06. The minimum atomic E-state index is -0.558. The number of hydrogen-bond donors (Lipinski definition) is 0. The van der Waals surface area contributed by atoms with Crippen molar-refractivity contribution in [1.82, 2.24) is 14.7 Å². The van der Waals surface area contributed by atoms with Crippen molar-refractivity contribution in [3.8, 4) is 0 Å². The highest BCUT2D eigenvalue weighted by molar-refractivity contribution is 6.05. The van der Waals surface area contributed by atoms with E-state index in [0.717, 1.165) is 9.80 Å². The van der Waals surface area contributed by atoms with E-state index in [1.54, 1.807) is 6.08 Å². The van der Waals surface area contributed by atoms with Crippen LogP contribution in [0.4, 0.5) is 9.59 Å². The number of carbonyl (C=O) groups excluding carboxylic acids is 3. The van der Waals surface area contributed by atoms with Crippen molar-refractivity contribution in [2.24, 2.45) is 0 Å². The molecule has 0 spiro atoms. The molecule has 0 radical (unpaired) electrons. The molecular formula is C15H21N3O5. The number of ether oxygens (including phenoxy) is 2. The topological polar surface area (TPSA) is 86.0 Å². The van der Waals surface area contributed by atoms with Gasteiger partial charge in [0.25, 0.3) is 0 Å². The lowest BCUT2D eigenvalue weighted by Crippen LogP contribution is -2.48. The Bertz CT molecular complexity index is 515. The number of epoxide rings is 2. The number of hydrogen-bond acceptors (Lipinski definition) is 5. The van der Waals surface area contributed by atoms with E-state index in [2.05, 4.69) is 6.58 Å². The third kappa shape index (κ3) is 3.89. The van der Waals surface area contributed by atoms with E-state index in [4.69, 9.17) is 9.47 Å². The predicted octanol–water partition coefficient (Wildman–Crippen LogP) is 0.436. The molecule has 3 aliphatic rings. The van der Waals surface area contributed by atoms with Crippen LogP contribution in [0.2, 0.25) is 0 Å². The van der Waals surface area contributed by atoms with Crippen LogP contribution in [0.3, 0.4) is 0 Å². The van der Waals surface area contributed by atoms with Crippen molar-refractivity contribution in [2.75, 3.05) is 39.4 Å². The number of rotatable bonds is 8. The average Bonchev–Trinajstić information content (AvgIpc) is 3.41. The zero-order chi connectivity index (χ0) is 16.4. The van der Waals surface area contributed by atoms with E-state index in [0.29, 0.717) is 32.6 Å². The summed E-state index contributed by atoms with van der Waals surface area (Å²) in [5, 5.41) is 0. The van der Waals surface area contributed by atoms with Crippen molar-refractivity contribution < 1.29 is 23.9 Å². The Labute approximate surface area is 134 Å². The van der Waals surface area contributed by atoms with E-state index in [-0.39, 0.29) is 37.7 Å². The molecule has 3 aliphatic heterocycles. The molecule has 0 saturated carbocycles. The lowest BCUT2D eigenvalue weighted by Gasteiger charge is -2.25. The quantitative estimate of drug-likeness (QED) is 0.478. The van der Waals surface area contributed by atoms with Gasteiger partial charge in [-0.15, -0.1) is 6.58 Å². The van der Waals surface area contributed by atoms with E-state index in [9.17, 15) is 14.4 Å². The molecule has 3 saturated heterocycles. The van der Waals surface area contributed by atoms with Crippen molar-refractivity contribution in [3.05, 3.63) is 12.7 Å². The van der Waals surface area contributed by atoms with Crippen LogP contribution in [0.5, 0.6) is 0 Å². The third-order valence-electron chi connectivity index (χ3n) is 4.06. The van der Waals surface area contributed by atoms with Crippen molar-refractivity contribution in [2.45, 2.75) is 25.0 Å². The summed E-state index contributed by atoms with van der Waals surface area (Å²) in [5.74, 6) is -0.368. The van der Waals surface area contributed by atoms with Crippen LogP contribution in [-0.4, -0.2) is 84.3 Å². The number of amides is 5. The zero-order valence-corrected chi connectivity index (χ0v) is 13.0. The molecule has 0 aromatic heterocycles. The van der Waals surface area contributed by atoms with Gasteiger partial charge in [-0.25, -0.2) is 14.5 Å². The molecule has 0 aromatic carbocycles. The van der Waals surface area contributed by atoms with Crippen molar-refractivity contribution in [3.63, 3.8) is 0 Å². The van der Waals surface area contributed by atoms with Gasteiger partial charge in [0.05, 0.1) is 32.0 Å². The maximum atomic E-state index is 12.6. The average molecular weight is 323 g/mol. The molecule has 3 fully saturated rings. The summed E-state index contributed by atoms with van der Waals surface area (Å²) in [6, 6.07) is -0.984. The van der Waals surface area contributed by atoms with Gasteiger partial charge in [0.1, 0.15) is 6.54 Å². The molecule has 0 bridgehead atoms. The monoisotopic (exact) mass is 323 g/mol. The molecular weight excluding hydrogens is 302 g/mol. The molecule has 0 aromatic rings. The van der Waals surface area contributed by atoms with Crippen LogP contribution >= 0.6 is 0 Å². The Kier molecular flexibility index (Phi) is 4.63. The van der Waals surface area contributed by atoms with Crippen LogP contribution in [0, 0.1) is 0 Å². The lowest BCUT2D eigenvalue weighted by atomic mass is 10.3. The molecule has 126 valence electrons. The van der Waals surface area contributed by atoms with E-state index >= 15 is 0 Å². The SMILES string of the molecule is C=CCCN1CC(=O)N(CC2CO2)C(=O)N(CCC2CO2)C1=O. The highest BCUT2D eigenvalue weighted by Crippen LogP contribution is 2.20. The lowest BCUT2D eigenvalue weighted by molar-refractivity contribution is -0.128. The fourth-order valence-electron chi connectivity index (χ4n) is 2.50. The second-order valence-electron chi connectivity index (χ2n) is 5.92. The summed E-state index contributed by atoms with van der Waals surface area (Å²) in [4.78, 5) is 41.4. The van der Waals surface area contributed by atoms with Gasteiger partial charge < -0.3 is 14.4 Å². The van der Waals surface area contributed by atoms with E-state index in [1.165, 1.54) is 4.90 Å². The van der Waals surface area contributed by atoms with Gasteiger partial charge in [-0.05, 0) is 12.8 Å². The molecule has 5 amide bonds. The molecule has 8 nitrogen and oxygen atoms in total. The molecule has 2 unspecified atom stereocenters. The van der Waals surface area contributed by atoms with Crippen molar-refractivity contribution in [1.29, 1.82) is 0 Å². The van der Waals surface area contributed by atoms with Crippen LogP contribution in [0.15, 0.2) is 12.7 Å². The molecule has 0 N–H and O–H groups in total. The van der Waals surface area contributed by atoms with Gasteiger partial charge >= 0.3 is 12.1 Å². The Balaban J connectivity index is 1.75. The molecule has 0 aliphatic carbocycles. The summed E-state index contributed by atoms with van der Waals surface area (Å²) < 4.78 is 10.3. The number of imide groups is 2. The summed E-state index contributed by atoms with van der Waals surface area (Å²) >= 11 is 0. The predicted molar refractivity (Wildman–Crippen MR) is 79.7 cm³/mol. The minimum absolute atomic E-state index is 0.0957. The molecule has 3 heterocycles. The van der Waals surface area contributed by atoms with Gasteiger partial charge in [0.2, 0.25) is 5.91 Å². The first-order chi connectivity index (χ1) is 11.1. The minimum Gasteiger partial charge on any atom is -0.373 e. The van der Waals surface area contributed by atoms with E-state index < -0.39 is 12.1 Å². The first kappa shape index (κ1) is 15.9. The molecule has 8 heteroatoms.